The van der Waals surface area contributed by atoms with Crippen LogP contribution in [0.25, 0.3) is 11.0 Å². The van der Waals surface area contributed by atoms with Gasteiger partial charge in [0.1, 0.15) is 11.7 Å². The molecule has 128 valence electrons. The van der Waals surface area contributed by atoms with Gasteiger partial charge in [-0.3, -0.25) is 9.78 Å². The standard InChI is InChI=1S/C18H16ClN3O3/c19-13-1-2-15-12(9-13)10-16(25-15)18(23)22-7-3-14(4-8-22)24-17-11-20-5-6-21-17/h1-2,5-6,9-11,14H,3-4,7-8H2. The normalized spacial score (nSPS) is 15.5. The topological polar surface area (TPSA) is 68.5 Å². The Morgan fingerprint density at radius 3 is 2.84 bits per heavy atom. The zero-order valence-corrected chi connectivity index (χ0v) is 14.1. The van der Waals surface area contributed by atoms with E-state index in [-0.39, 0.29) is 12.0 Å². The SMILES string of the molecule is O=C(c1cc2cc(Cl)ccc2o1)N1CCC(Oc2cnccn2)CC1. The van der Waals surface area contributed by atoms with Gasteiger partial charge in [0, 0.05) is 48.7 Å². The summed E-state index contributed by atoms with van der Waals surface area (Å²) in [5, 5.41) is 1.45. The molecule has 6 nitrogen and oxygen atoms in total. The number of likely N-dealkylation sites (tertiary alicyclic amines) is 1. The van der Waals surface area contributed by atoms with Crippen LogP contribution < -0.4 is 4.74 Å². The molecule has 0 bridgehead atoms. The van der Waals surface area contributed by atoms with Crippen molar-refractivity contribution in [1.29, 1.82) is 0 Å². The zero-order valence-electron chi connectivity index (χ0n) is 13.4. The molecule has 1 aliphatic heterocycles. The predicted octanol–water partition coefficient (Wildman–Crippen LogP) is 3.56. The van der Waals surface area contributed by atoms with Crippen LogP contribution in [0.5, 0.6) is 5.88 Å². The highest BCUT2D eigenvalue weighted by Crippen LogP contribution is 2.25. The van der Waals surface area contributed by atoms with Crippen LogP contribution in [-0.2, 0) is 0 Å². The van der Waals surface area contributed by atoms with Gasteiger partial charge in [-0.2, -0.15) is 0 Å². The Morgan fingerprint density at radius 2 is 2.08 bits per heavy atom. The van der Waals surface area contributed by atoms with Gasteiger partial charge in [-0.25, -0.2) is 4.98 Å². The first-order valence-electron chi connectivity index (χ1n) is 8.10. The van der Waals surface area contributed by atoms with E-state index >= 15 is 0 Å². The Kier molecular flexibility index (Phi) is 4.28. The van der Waals surface area contributed by atoms with Crippen molar-refractivity contribution < 1.29 is 13.9 Å². The lowest BCUT2D eigenvalue weighted by atomic mass is 10.1. The van der Waals surface area contributed by atoms with Gasteiger partial charge in [0.25, 0.3) is 5.91 Å². The Hall–Kier alpha value is -2.60. The van der Waals surface area contributed by atoms with Crippen molar-refractivity contribution in [3.63, 3.8) is 0 Å². The number of amides is 1. The van der Waals surface area contributed by atoms with Crippen LogP contribution in [0.4, 0.5) is 0 Å². The maximum atomic E-state index is 12.7. The second-order valence-corrected chi connectivity index (χ2v) is 6.38. The van der Waals surface area contributed by atoms with Gasteiger partial charge in [-0.1, -0.05) is 11.6 Å². The summed E-state index contributed by atoms with van der Waals surface area (Å²) in [5.41, 5.74) is 0.661. The first-order valence-corrected chi connectivity index (χ1v) is 8.48. The number of fused-ring (bicyclic) bond motifs is 1. The van der Waals surface area contributed by atoms with Crippen molar-refractivity contribution in [3.05, 3.63) is 53.6 Å². The minimum Gasteiger partial charge on any atom is -0.473 e. The zero-order chi connectivity index (χ0) is 17.2. The van der Waals surface area contributed by atoms with Gasteiger partial charge < -0.3 is 14.1 Å². The van der Waals surface area contributed by atoms with E-state index in [2.05, 4.69) is 9.97 Å². The summed E-state index contributed by atoms with van der Waals surface area (Å²) in [5.74, 6) is 0.747. The van der Waals surface area contributed by atoms with Crippen LogP contribution in [0, 0.1) is 0 Å². The van der Waals surface area contributed by atoms with Gasteiger partial charge in [-0.05, 0) is 24.3 Å². The number of carbonyl (C=O) groups excluding carboxylic acids is 1. The number of aromatic nitrogens is 2. The number of hydrogen-bond donors (Lipinski definition) is 0. The van der Waals surface area contributed by atoms with E-state index < -0.39 is 0 Å². The van der Waals surface area contributed by atoms with Crippen LogP contribution in [0.1, 0.15) is 23.4 Å². The van der Waals surface area contributed by atoms with Crippen LogP contribution >= 0.6 is 11.6 Å². The first kappa shape index (κ1) is 15.9. The van der Waals surface area contributed by atoms with Crippen molar-refractivity contribution in [1.82, 2.24) is 14.9 Å². The van der Waals surface area contributed by atoms with Gasteiger partial charge in [0.15, 0.2) is 5.76 Å². The van der Waals surface area contributed by atoms with E-state index in [4.69, 9.17) is 20.8 Å². The van der Waals surface area contributed by atoms with Crippen molar-refractivity contribution in [2.45, 2.75) is 18.9 Å². The van der Waals surface area contributed by atoms with E-state index in [9.17, 15) is 4.79 Å². The highest BCUT2D eigenvalue weighted by Gasteiger charge is 2.26. The average molecular weight is 358 g/mol. The summed E-state index contributed by atoms with van der Waals surface area (Å²) < 4.78 is 11.5. The molecule has 1 aliphatic rings. The Labute approximate surface area is 149 Å². The molecule has 1 amide bonds. The van der Waals surface area contributed by atoms with Gasteiger partial charge >= 0.3 is 0 Å². The third kappa shape index (κ3) is 3.44. The van der Waals surface area contributed by atoms with Crippen LogP contribution in [-0.4, -0.2) is 40.0 Å². The van der Waals surface area contributed by atoms with Crippen molar-refractivity contribution in [2.24, 2.45) is 0 Å². The van der Waals surface area contributed by atoms with E-state index in [0.717, 1.165) is 18.2 Å². The van der Waals surface area contributed by atoms with E-state index in [0.29, 0.717) is 35.3 Å². The smallest absolute Gasteiger partial charge is 0.289 e. The van der Waals surface area contributed by atoms with E-state index in [1.165, 1.54) is 0 Å². The molecule has 0 atom stereocenters. The summed E-state index contributed by atoms with van der Waals surface area (Å²) >= 11 is 5.98. The van der Waals surface area contributed by atoms with Crippen molar-refractivity contribution in [3.8, 4) is 5.88 Å². The number of benzene rings is 1. The number of halogens is 1. The molecule has 7 heteroatoms. The van der Waals surface area contributed by atoms with Gasteiger partial charge in [-0.15, -0.1) is 0 Å². The summed E-state index contributed by atoms with van der Waals surface area (Å²) in [6.07, 6.45) is 6.33. The molecule has 0 unspecified atom stereocenters. The van der Waals surface area contributed by atoms with Gasteiger partial charge in [0.2, 0.25) is 5.88 Å². The lowest BCUT2D eigenvalue weighted by molar-refractivity contribution is 0.0561. The van der Waals surface area contributed by atoms with E-state index in [1.807, 2.05) is 0 Å². The summed E-state index contributed by atoms with van der Waals surface area (Å²) in [4.78, 5) is 22.5. The first-order chi connectivity index (χ1) is 12.2. The molecule has 0 N–H and O–H groups in total. The third-order valence-electron chi connectivity index (χ3n) is 4.25. The minimum atomic E-state index is -0.106. The summed E-state index contributed by atoms with van der Waals surface area (Å²) in [7, 11) is 0. The number of piperidine rings is 1. The lowest BCUT2D eigenvalue weighted by Gasteiger charge is -2.31. The molecule has 0 aliphatic carbocycles. The minimum absolute atomic E-state index is 0.0372. The molecule has 0 spiro atoms. The molecule has 3 heterocycles. The predicted molar refractivity (Wildman–Crippen MR) is 92.8 cm³/mol. The molecular weight excluding hydrogens is 342 g/mol. The fraction of sp³-hybridized carbons (Fsp3) is 0.278. The molecule has 2 aromatic heterocycles. The quantitative estimate of drug-likeness (QED) is 0.717. The summed E-state index contributed by atoms with van der Waals surface area (Å²) in [6.45, 7) is 1.23. The van der Waals surface area contributed by atoms with Gasteiger partial charge in [0.05, 0.1) is 6.20 Å². The fourth-order valence-corrected chi connectivity index (χ4v) is 3.15. The molecule has 3 aromatic rings. The second-order valence-electron chi connectivity index (χ2n) is 5.95. The Bertz CT molecular complexity index is 889. The van der Waals surface area contributed by atoms with E-state index in [1.54, 1.807) is 47.8 Å². The largest absolute Gasteiger partial charge is 0.473 e. The number of hydrogen-bond acceptors (Lipinski definition) is 5. The third-order valence-corrected chi connectivity index (χ3v) is 4.48. The monoisotopic (exact) mass is 357 g/mol. The molecular formula is C18H16ClN3O3. The number of carbonyl (C=O) groups is 1. The van der Waals surface area contributed by atoms with Crippen molar-refractivity contribution in [2.75, 3.05) is 13.1 Å². The highest BCUT2D eigenvalue weighted by molar-refractivity contribution is 6.31. The molecule has 1 fully saturated rings. The molecule has 4 rings (SSSR count). The Balaban J connectivity index is 1.40. The maximum absolute atomic E-state index is 12.7. The maximum Gasteiger partial charge on any atom is 0.289 e. The number of furan rings is 1. The molecule has 0 radical (unpaired) electrons. The van der Waals surface area contributed by atoms with Crippen molar-refractivity contribution >= 4 is 28.5 Å². The van der Waals surface area contributed by atoms with Crippen LogP contribution in [0.2, 0.25) is 5.02 Å². The van der Waals surface area contributed by atoms with Crippen LogP contribution in [0.15, 0.2) is 47.3 Å². The average Bonchev–Trinajstić information content (AvgIpc) is 3.06. The lowest BCUT2D eigenvalue weighted by Crippen LogP contribution is -2.41. The number of nitrogens with zero attached hydrogens (tertiary/aromatic N) is 3. The molecule has 1 aromatic carbocycles. The second kappa shape index (κ2) is 6.72. The molecule has 25 heavy (non-hydrogen) atoms. The summed E-state index contributed by atoms with van der Waals surface area (Å²) in [6, 6.07) is 7.05. The number of rotatable bonds is 3. The molecule has 1 saturated heterocycles. The molecule has 0 saturated carbocycles. The van der Waals surface area contributed by atoms with Crippen LogP contribution in [0.3, 0.4) is 0 Å². The number of ether oxygens (including phenoxy) is 1. The highest BCUT2D eigenvalue weighted by atomic mass is 35.5. The fourth-order valence-electron chi connectivity index (χ4n) is 2.97. The Morgan fingerprint density at radius 1 is 1.24 bits per heavy atom.